The Morgan fingerprint density at radius 2 is 1.84 bits per heavy atom. The second-order valence-corrected chi connectivity index (χ2v) is 10.8. The summed E-state index contributed by atoms with van der Waals surface area (Å²) in [6.07, 6.45) is 5.20. The molecule has 6 rings (SSSR count). The number of nitrogen functional groups attached to an aromatic ring is 1. The van der Waals surface area contributed by atoms with E-state index in [0.717, 1.165) is 38.2 Å². The topological polar surface area (TPSA) is 181 Å². The number of nitrogens with two attached hydrogens (primary N) is 1. The third-order valence-electron chi connectivity index (χ3n) is 7.69. The molecule has 226 valence electrons. The number of benzene rings is 1. The zero-order valence-corrected chi connectivity index (χ0v) is 25.0. The first-order chi connectivity index (χ1) is 21.9. The molecular weight excluding hydrogens is 566 g/mol. The van der Waals surface area contributed by atoms with E-state index in [4.69, 9.17) is 21.0 Å². The summed E-state index contributed by atoms with van der Waals surface area (Å²) in [7, 11) is 1.67. The fourth-order valence-electron chi connectivity index (χ4n) is 5.50. The van der Waals surface area contributed by atoms with Crippen LogP contribution in [0.15, 0.2) is 72.1 Å². The summed E-state index contributed by atoms with van der Waals surface area (Å²) in [6, 6.07) is 19.8. The van der Waals surface area contributed by atoms with Gasteiger partial charge in [-0.05, 0) is 60.9 Å². The molecule has 1 saturated heterocycles. The van der Waals surface area contributed by atoms with Crippen LogP contribution in [0, 0.1) is 11.3 Å². The number of nitrogens with one attached hydrogen (secondary N) is 2. The largest absolute Gasteiger partial charge is 0.806 e. The van der Waals surface area contributed by atoms with Crippen LogP contribution in [0.1, 0.15) is 36.8 Å². The van der Waals surface area contributed by atoms with Gasteiger partial charge in [0, 0.05) is 50.8 Å². The van der Waals surface area contributed by atoms with Crippen LogP contribution in [0.25, 0.3) is 33.6 Å². The van der Waals surface area contributed by atoms with Gasteiger partial charge in [0.15, 0.2) is 11.5 Å². The van der Waals surface area contributed by atoms with Gasteiger partial charge in [0.1, 0.15) is 23.2 Å². The van der Waals surface area contributed by atoms with Crippen LogP contribution in [0.4, 0.5) is 11.6 Å². The minimum Gasteiger partial charge on any atom is -0.806 e. The summed E-state index contributed by atoms with van der Waals surface area (Å²) in [5.41, 5.74) is 13.9. The van der Waals surface area contributed by atoms with Gasteiger partial charge in [-0.1, -0.05) is 19.1 Å². The lowest BCUT2D eigenvalue weighted by Gasteiger charge is -2.32. The maximum Gasteiger partial charge on any atom is 0.234 e. The SMILES string of the molecule is CN/N=C(\C(C)=[N-])c1ccc2nc(-c3cccnc3N)n(-c3ccc(CN4CCC(Nc5ccnc(C#N)n5)CC4)cc3)c2n1. The first-order valence-corrected chi connectivity index (χ1v) is 14.6. The van der Waals surface area contributed by atoms with E-state index in [0.29, 0.717) is 51.6 Å². The van der Waals surface area contributed by atoms with E-state index in [1.165, 1.54) is 5.56 Å². The lowest BCUT2D eigenvalue weighted by Crippen LogP contribution is -2.38. The Labute approximate surface area is 260 Å². The lowest BCUT2D eigenvalue weighted by atomic mass is 10.0. The minimum absolute atomic E-state index is 0.0466. The van der Waals surface area contributed by atoms with Gasteiger partial charge in [0.05, 0.1) is 17.0 Å². The Hall–Kier alpha value is -5.74. The molecular formula is C32H32N13-. The standard InChI is InChI=1S/C32H32N13/c1-20(34)29(43-36-2)25-9-10-26-32(40-25)45(31(41-26)24-4-3-14-38-30(24)35)23-7-5-21(6-8-23)19-44-16-12-22(13-17-44)39-27-11-15-37-28(18-33)42-27/h3-11,14-15,22,36H,12-13,16-17,19H2,1-2H3,(H2,35,38)(H,37,39,42)/q-1/b43-29+. The van der Waals surface area contributed by atoms with Gasteiger partial charge in [-0.15, -0.1) is 0 Å². The number of anilines is 2. The number of imidazole rings is 1. The molecule has 0 radical (unpaired) electrons. The van der Waals surface area contributed by atoms with Crippen molar-refractivity contribution in [2.75, 3.05) is 31.2 Å². The van der Waals surface area contributed by atoms with Gasteiger partial charge in [0.25, 0.3) is 0 Å². The molecule has 13 nitrogen and oxygen atoms in total. The molecule has 0 saturated carbocycles. The Kier molecular flexibility index (Phi) is 8.39. The third kappa shape index (κ3) is 6.31. The molecule has 1 aliphatic rings. The van der Waals surface area contributed by atoms with Crippen molar-refractivity contribution in [1.29, 1.82) is 5.26 Å². The van der Waals surface area contributed by atoms with E-state index in [1.807, 2.05) is 28.8 Å². The highest BCUT2D eigenvalue weighted by Crippen LogP contribution is 2.31. The van der Waals surface area contributed by atoms with Crippen molar-refractivity contribution in [3.8, 4) is 23.1 Å². The zero-order valence-electron chi connectivity index (χ0n) is 25.0. The molecule has 1 fully saturated rings. The average Bonchev–Trinajstić information content (AvgIpc) is 3.43. The molecule has 0 spiro atoms. The minimum atomic E-state index is 0.0466. The van der Waals surface area contributed by atoms with Crippen molar-refractivity contribution in [3.63, 3.8) is 0 Å². The zero-order chi connectivity index (χ0) is 31.3. The smallest absolute Gasteiger partial charge is 0.234 e. The van der Waals surface area contributed by atoms with Crippen molar-refractivity contribution >= 4 is 34.2 Å². The van der Waals surface area contributed by atoms with Crippen LogP contribution < -0.4 is 16.5 Å². The number of hydrogen-bond acceptors (Lipinski definition) is 11. The number of piperidine rings is 1. The van der Waals surface area contributed by atoms with E-state index in [-0.39, 0.29) is 11.5 Å². The molecule has 0 amide bonds. The molecule has 13 heteroatoms. The molecule has 1 aromatic carbocycles. The molecule has 5 heterocycles. The number of pyridine rings is 2. The van der Waals surface area contributed by atoms with Crippen molar-refractivity contribution < 1.29 is 0 Å². The Morgan fingerprint density at radius 3 is 2.56 bits per heavy atom. The quantitative estimate of drug-likeness (QED) is 0.167. The van der Waals surface area contributed by atoms with Gasteiger partial charge in [-0.25, -0.2) is 24.9 Å². The monoisotopic (exact) mass is 598 g/mol. The highest BCUT2D eigenvalue weighted by Gasteiger charge is 2.21. The highest BCUT2D eigenvalue weighted by molar-refractivity contribution is 6.48. The van der Waals surface area contributed by atoms with Crippen LogP contribution in [-0.4, -0.2) is 72.0 Å². The first kappa shape index (κ1) is 29.3. The number of likely N-dealkylation sites (tertiary alicyclic amines) is 1. The normalized spacial score (nSPS) is 14.3. The first-order valence-electron chi connectivity index (χ1n) is 14.6. The van der Waals surface area contributed by atoms with Crippen LogP contribution in [0.3, 0.4) is 0 Å². The number of nitriles is 1. The number of nitrogens with zero attached hydrogens (tertiary/aromatic N) is 10. The maximum absolute atomic E-state index is 10.3. The molecule has 0 aliphatic carbocycles. The van der Waals surface area contributed by atoms with Gasteiger partial charge in [-0.3, -0.25) is 9.47 Å². The van der Waals surface area contributed by atoms with Crippen LogP contribution in [-0.2, 0) is 6.54 Å². The van der Waals surface area contributed by atoms with Gasteiger partial charge >= 0.3 is 0 Å². The van der Waals surface area contributed by atoms with Crippen molar-refractivity contribution in [3.05, 3.63) is 89.5 Å². The number of aromatic nitrogens is 6. The van der Waals surface area contributed by atoms with Gasteiger partial charge < -0.3 is 21.9 Å². The Balaban J connectivity index is 1.25. The fourth-order valence-corrected chi connectivity index (χ4v) is 5.50. The van der Waals surface area contributed by atoms with E-state index in [2.05, 4.69) is 60.0 Å². The Bertz CT molecular complexity index is 1910. The number of hydrogen-bond donors (Lipinski definition) is 3. The van der Waals surface area contributed by atoms with Gasteiger partial charge in [0.2, 0.25) is 5.82 Å². The molecule has 45 heavy (non-hydrogen) atoms. The summed E-state index contributed by atoms with van der Waals surface area (Å²) >= 11 is 0. The molecule has 0 unspecified atom stereocenters. The van der Waals surface area contributed by atoms with Crippen molar-refractivity contribution in [2.24, 2.45) is 5.10 Å². The molecule has 0 atom stereocenters. The summed E-state index contributed by atoms with van der Waals surface area (Å²) in [5.74, 6) is 1.84. The second-order valence-electron chi connectivity index (χ2n) is 10.8. The predicted molar refractivity (Wildman–Crippen MR) is 175 cm³/mol. The van der Waals surface area contributed by atoms with E-state index < -0.39 is 0 Å². The summed E-state index contributed by atoms with van der Waals surface area (Å²) in [6.45, 7) is 4.28. The highest BCUT2D eigenvalue weighted by atomic mass is 15.3. The lowest BCUT2D eigenvalue weighted by molar-refractivity contribution is 0.211. The maximum atomic E-state index is 10.3. The molecule has 4 aromatic heterocycles. The van der Waals surface area contributed by atoms with Crippen molar-refractivity contribution in [2.45, 2.75) is 32.4 Å². The van der Waals surface area contributed by atoms with Crippen LogP contribution >= 0.6 is 0 Å². The third-order valence-corrected chi connectivity index (χ3v) is 7.69. The molecule has 0 bridgehead atoms. The fraction of sp³-hybridized carbons (Fsp3) is 0.250. The molecule has 5 aromatic rings. The predicted octanol–water partition coefficient (Wildman–Crippen LogP) is 3.76. The number of rotatable bonds is 9. The average molecular weight is 599 g/mol. The number of hydrazone groups is 1. The molecule has 1 aliphatic heterocycles. The summed E-state index contributed by atoms with van der Waals surface area (Å²) < 4.78 is 1.96. The second kappa shape index (κ2) is 12.9. The van der Waals surface area contributed by atoms with E-state index in [9.17, 15) is 5.41 Å². The van der Waals surface area contributed by atoms with Crippen molar-refractivity contribution in [1.82, 2.24) is 39.8 Å². The summed E-state index contributed by atoms with van der Waals surface area (Å²) in [5, 5.41) is 27.0. The summed E-state index contributed by atoms with van der Waals surface area (Å²) in [4.78, 5) is 24.7. The van der Waals surface area contributed by atoms with Crippen LogP contribution in [0.2, 0.25) is 0 Å². The van der Waals surface area contributed by atoms with Crippen LogP contribution in [0.5, 0.6) is 0 Å². The Morgan fingerprint density at radius 1 is 1.04 bits per heavy atom. The molecule has 4 N–H and O–H groups in total. The number of fused-ring (bicyclic) bond motifs is 1. The van der Waals surface area contributed by atoms with E-state index >= 15 is 0 Å². The van der Waals surface area contributed by atoms with Gasteiger partial charge in [-0.2, -0.15) is 16.1 Å². The van der Waals surface area contributed by atoms with E-state index in [1.54, 1.807) is 38.5 Å².